The van der Waals surface area contributed by atoms with Gasteiger partial charge in [0.05, 0.1) is 6.61 Å². The van der Waals surface area contributed by atoms with Crippen LogP contribution in [0.2, 0.25) is 0 Å². The fourth-order valence-corrected chi connectivity index (χ4v) is 2.37. The van der Waals surface area contributed by atoms with E-state index in [1.165, 1.54) is 0 Å². The Hall–Kier alpha value is -1.56. The Morgan fingerprint density at radius 3 is 2.48 bits per heavy atom. The maximum Gasteiger partial charge on any atom is 0.360 e. The molecule has 0 saturated heterocycles. The first-order valence-electron chi connectivity index (χ1n) is 7.83. The number of nitrogen functional groups attached to an aromatic ring is 1. The molecule has 120 valence electrons. The second kappa shape index (κ2) is 8.67. The van der Waals surface area contributed by atoms with Crippen LogP contribution in [-0.2, 0) is 17.7 Å². The Balaban J connectivity index is 2.79. The summed E-state index contributed by atoms with van der Waals surface area (Å²) in [5.41, 5.74) is 6.33. The van der Waals surface area contributed by atoms with Gasteiger partial charge in [0.15, 0.2) is 5.69 Å². The van der Waals surface area contributed by atoms with E-state index in [2.05, 4.69) is 23.7 Å². The van der Waals surface area contributed by atoms with E-state index in [1.807, 2.05) is 11.5 Å². The van der Waals surface area contributed by atoms with E-state index in [-0.39, 0.29) is 5.69 Å². The van der Waals surface area contributed by atoms with Crippen LogP contribution in [0, 0.1) is 0 Å². The Morgan fingerprint density at radius 2 is 1.95 bits per heavy atom. The second-order valence-electron chi connectivity index (χ2n) is 4.87. The molecule has 21 heavy (non-hydrogen) atoms. The van der Waals surface area contributed by atoms with Crippen LogP contribution >= 0.6 is 0 Å². The van der Waals surface area contributed by atoms with Gasteiger partial charge >= 0.3 is 5.97 Å². The van der Waals surface area contributed by atoms with Crippen molar-refractivity contribution >= 4 is 11.8 Å². The van der Waals surface area contributed by atoms with Crippen molar-refractivity contribution in [2.75, 3.05) is 32.0 Å². The number of imidazole rings is 1. The fraction of sp³-hybridized carbons (Fsp3) is 0.733. The summed E-state index contributed by atoms with van der Waals surface area (Å²) in [6.07, 6.45) is 1.73. The smallest absolute Gasteiger partial charge is 0.360 e. The highest BCUT2D eigenvalue weighted by molar-refractivity contribution is 5.92. The number of hydrogen-bond acceptors (Lipinski definition) is 5. The number of aromatic nitrogens is 2. The van der Waals surface area contributed by atoms with E-state index in [1.54, 1.807) is 6.92 Å². The number of rotatable bonds is 9. The highest BCUT2D eigenvalue weighted by atomic mass is 16.5. The van der Waals surface area contributed by atoms with Crippen molar-refractivity contribution in [2.45, 2.75) is 47.1 Å². The lowest BCUT2D eigenvalue weighted by Crippen LogP contribution is -2.25. The van der Waals surface area contributed by atoms with Crippen molar-refractivity contribution in [1.29, 1.82) is 0 Å². The van der Waals surface area contributed by atoms with E-state index < -0.39 is 5.97 Å². The maximum atomic E-state index is 11.8. The van der Waals surface area contributed by atoms with E-state index in [4.69, 9.17) is 10.5 Å². The number of nitrogens with zero attached hydrogens (tertiary/aromatic N) is 3. The van der Waals surface area contributed by atoms with Gasteiger partial charge < -0.3 is 19.9 Å². The van der Waals surface area contributed by atoms with Gasteiger partial charge in [0.25, 0.3) is 0 Å². The molecule has 0 aliphatic heterocycles. The zero-order valence-electron chi connectivity index (χ0n) is 13.7. The minimum atomic E-state index is -0.438. The van der Waals surface area contributed by atoms with Crippen LogP contribution in [0.4, 0.5) is 5.82 Å². The van der Waals surface area contributed by atoms with Gasteiger partial charge in [0, 0.05) is 13.0 Å². The molecule has 1 aromatic heterocycles. The van der Waals surface area contributed by atoms with Crippen LogP contribution in [-0.4, -0.2) is 46.7 Å². The molecule has 0 aliphatic rings. The number of carbonyl (C=O) groups is 1. The van der Waals surface area contributed by atoms with Gasteiger partial charge in [0.2, 0.25) is 0 Å². The average Bonchev–Trinajstić information content (AvgIpc) is 2.80. The first kappa shape index (κ1) is 17.5. The van der Waals surface area contributed by atoms with Crippen molar-refractivity contribution in [1.82, 2.24) is 14.5 Å². The number of esters is 1. The van der Waals surface area contributed by atoms with E-state index in [0.29, 0.717) is 12.4 Å². The number of aryl methyl sites for hydroxylation is 1. The first-order valence-corrected chi connectivity index (χ1v) is 7.83. The predicted molar refractivity (Wildman–Crippen MR) is 84.4 cm³/mol. The minimum Gasteiger partial charge on any atom is -0.461 e. The highest BCUT2D eigenvalue weighted by Gasteiger charge is 2.20. The molecule has 1 aromatic rings. The molecule has 2 N–H and O–H groups in total. The topological polar surface area (TPSA) is 73.4 Å². The third-order valence-corrected chi connectivity index (χ3v) is 3.62. The molecule has 0 radical (unpaired) electrons. The van der Waals surface area contributed by atoms with E-state index >= 15 is 0 Å². The normalized spacial score (nSPS) is 11.1. The molecule has 6 heteroatoms. The standard InChI is InChI=1S/C15H28N4O2/c1-5-12-17-13(15(20)21-8-4)14(16)19(12)11-9-10-18(6-2)7-3/h5-11,16H2,1-4H3. The summed E-state index contributed by atoms with van der Waals surface area (Å²) < 4.78 is 6.94. The van der Waals surface area contributed by atoms with Crippen molar-refractivity contribution in [3.8, 4) is 0 Å². The molecule has 0 unspecified atom stereocenters. The molecule has 0 bridgehead atoms. The Kier molecular flexibility index (Phi) is 7.22. The third-order valence-electron chi connectivity index (χ3n) is 3.62. The van der Waals surface area contributed by atoms with Gasteiger partial charge in [-0.25, -0.2) is 9.78 Å². The maximum absolute atomic E-state index is 11.8. The van der Waals surface area contributed by atoms with Gasteiger partial charge in [0.1, 0.15) is 11.6 Å². The SMILES string of the molecule is CCOC(=O)c1nc(CC)n(CCCN(CC)CC)c1N. The lowest BCUT2D eigenvalue weighted by atomic mass is 10.3. The molecule has 0 saturated carbocycles. The quantitative estimate of drug-likeness (QED) is 0.705. The van der Waals surface area contributed by atoms with Gasteiger partial charge in [-0.15, -0.1) is 0 Å². The Morgan fingerprint density at radius 1 is 1.29 bits per heavy atom. The zero-order chi connectivity index (χ0) is 15.8. The molecule has 0 atom stereocenters. The number of ether oxygens (including phenoxy) is 1. The van der Waals surface area contributed by atoms with Crippen LogP contribution in [0.3, 0.4) is 0 Å². The van der Waals surface area contributed by atoms with Crippen LogP contribution in [0.25, 0.3) is 0 Å². The van der Waals surface area contributed by atoms with E-state index in [0.717, 1.165) is 44.8 Å². The number of carbonyl (C=O) groups excluding carboxylic acids is 1. The molecule has 0 fully saturated rings. The second-order valence-corrected chi connectivity index (χ2v) is 4.87. The summed E-state index contributed by atoms with van der Waals surface area (Å²) in [6, 6.07) is 0. The van der Waals surface area contributed by atoms with Crippen molar-refractivity contribution < 1.29 is 9.53 Å². The average molecular weight is 296 g/mol. The van der Waals surface area contributed by atoms with Crippen molar-refractivity contribution in [2.24, 2.45) is 0 Å². The van der Waals surface area contributed by atoms with Crippen LogP contribution in [0.15, 0.2) is 0 Å². The molecule has 6 nitrogen and oxygen atoms in total. The van der Waals surface area contributed by atoms with Gasteiger partial charge in [-0.05, 0) is 33.0 Å². The molecule has 0 aliphatic carbocycles. The summed E-state index contributed by atoms with van der Waals surface area (Å²) in [7, 11) is 0. The molecule has 0 amide bonds. The summed E-state index contributed by atoms with van der Waals surface area (Å²) in [4.78, 5) is 18.5. The van der Waals surface area contributed by atoms with Crippen LogP contribution in [0.5, 0.6) is 0 Å². The predicted octanol–water partition coefficient (Wildman–Crippen LogP) is 1.94. The van der Waals surface area contributed by atoms with Crippen LogP contribution in [0.1, 0.15) is 50.4 Å². The number of anilines is 1. The van der Waals surface area contributed by atoms with Crippen molar-refractivity contribution in [3.05, 3.63) is 11.5 Å². The van der Waals surface area contributed by atoms with E-state index in [9.17, 15) is 4.79 Å². The highest BCUT2D eigenvalue weighted by Crippen LogP contribution is 2.17. The molecular weight excluding hydrogens is 268 g/mol. The summed E-state index contributed by atoms with van der Waals surface area (Å²) in [6.45, 7) is 12.3. The largest absolute Gasteiger partial charge is 0.461 e. The van der Waals surface area contributed by atoms with Gasteiger partial charge in [-0.2, -0.15) is 0 Å². The summed E-state index contributed by atoms with van der Waals surface area (Å²) >= 11 is 0. The molecule has 0 aromatic carbocycles. The Bertz CT molecular complexity index is 453. The molecule has 0 spiro atoms. The third kappa shape index (κ3) is 4.46. The van der Waals surface area contributed by atoms with Crippen LogP contribution < -0.4 is 5.73 Å². The van der Waals surface area contributed by atoms with Crippen molar-refractivity contribution in [3.63, 3.8) is 0 Å². The summed E-state index contributed by atoms with van der Waals surface area (Å²) in [5, 5.41) is 0. The lowest BCUT2D eigenvalue weighted by molar-refractivity contribution is 0.0521. The lowest BCUT2D eigenvalue weighted by Gasteiger charge is -2.18. The number of nitrogens with two attached hydrogens (primary N) is 1. The minimum absolute atomic E-state index is 0.247. The summed E-state index contributed by atoms with van der Waals surface area (Å²) in [5.74, 6) is 0.826. The fourth-order valence-electron chi connectivity index (χ4n) is 2.37. The molecule has 1 heterocycles. The van der Waals surface area contributed by atoms with Gasteiger partial charge in [-0.1, -0.05) is 20.8 Å². The van der Waals surface area contributed by atoms with Gasteiger partial charge in [-0.3, -0.25) is 0 Å². The number of hydrogen-bond donors (Lipinski definition) is 1. The molecular formula is C15H28N4O2. The Labute approximate surface area is 127 Å². The zero-order valence-corrected chi connectivity index (χ0v) is 13.7. The first-order chi connectivity index (χ1) is 10.1. The molecule has 1 rings (SSSR count). The monoisotopic (exact) mass is 296 g/mol.